The van der Waals surface area contributed by atoms with Gasteiger partial charge in [0.05, 0.1) is 22.5 Å². The van der Waals surface area contributed by atoms with E-state index in [2.05, 4.69) is 44.7 Å². The SMILES string of the molecule is C=CC(=O)N1CCN(c2nc(Oc3cccc4c3CN(C)C4)nc3c(Oc4c(Cl)c(F)cc5[nH]ncc45)nccc23)CC1. The summed E-state index contributed by atoms with van der Waals surface area (Å²) in [5.41, 5.74) is 3.03. The average molecular weight is 601 g/mol. The molecule has 7 rings (SSSR count). The molecule has 5 heterocycles. The van der Waals surface area contributed by atoms with E-state index >= 15 is 0 Å². The van der Waals surface area contributed by atoms with Gasteiger partial charge in [0, 0.05) is 57.1 Å². The monoisotopic (exact) mass is 600 g/mol. The summed E-state index contributed by atoms with van der Waals surface area (Å²) in [5, 5.41) is 7.68. The van der Waals surface area contributed by atoms with Gasteiger partial charge in [0.1, 0.15) is 27.9 Å². The van der Waals surface area contributed by atoms with Crippen molar-refractivity contribution in [2.75, 3.05) is 38.1 Å². The standard InChI is InChI=1S/C30H26ClFN8O3/c1-3-24(41)39-9-11-40(12-10-39)28-18-7-8-33-29(43-27-19-14-34-37-22(19)13-21(32)25(27)31)26(18)35-30(36-28)42-23-6-4-5-17-15-38(2)16-20(17)23/h3-8,13-14H,1,9-12,15-16H2,2H3,(H,34,37). The highest BCUT2D eigenvalue weighted by Crippen LogP contribution is 2.41. The molecule has 0 bridgehead atoms. The van der Waals surface area contributed by atoms with Gasteiger partial charge in [0.25, 0.3) is 0 Å². The van der Waals surface area contributed by atoms with Crippen LogP contribution < -0.4 is 14.4 Å². The van der Waals surface area contributed by atoms with Crippen LogP contribution in [0.15, 0.2) is 55.4 Å². The second kappa shape index (κ2) is 10.8. The number of nitrogens with one attached hydrogen (secondary N) is 1. The zero-order valence-electron chi connectivity index (χ0n) is 23.2. The Morgan fingerprint density at radius 2 is 1.95 bits per heavy atom. The number of piperazine rings is 1. The van der Waals surface area contributed by atoms with Crippen LogP contribution in [0.3, 0.4) is 0 Å². The number of rotatable bonds is 6. The molecule has 0 unspecified atom stereocenters. The molecule has 5 aromatic rings. The Morgan fingerprint density at radius 1 is 1.12 bits per heavy atom. The normalized spacial score (nSPS) is 15.2. The molecule has 1 fully saturated rings. The molecule has 0 aliphatic carbocycles. The van der Waals surface area contributed by atoms with Crippen molar-refractivity contribution in [2.24, 2.45) is 0 Å². The maximum Gasteiger partial charge on any atom is 0.324 e. The molecule has 0 atom stereocenters. The minimum absolute atomic E-state index is 0.0634. The van der Waals surface area contributed by atoms with E-state index in [1.807, 2.05) is 12.1 Å². The number of amides is 1. The molecule has 43 heavy (non-hydrogen) atoms. The van der Waals surface area contributed by atoms with Crippen LogP contribution in [0.25, 0.3) is 21.8 Å². The molecule has 0 spiro atoms. The van der Waals surface area contributed by atoms with Crippen molar-refractivity contribution >= 4 is 45.1 Å². The highest BCUT2D eigenvalue weighted by molar-refractivity contribution is 6.33. The van der Waals surface area contributed by atoms with Crippen molar-refractivity contribution in [3.63, 3.8) is 0 Å². The fraction of sp³-hybridized carbons (Fsp3) is 0.233. The van der Waals surface area contributed by atoms with Gasteiger partial charge in [-0.25, -0.2) is 9.37 Å². The van der Waals surface area contributed by atoms with Crippen molar-refractivity contribution in [2.45, 2.75) is 13.1 Å². The van der Waals surface area contributed by atoms with Crippen LogP contribution in [-0.4, -0.2) is 74.1 Å². The average Bonchev–Trinajstić information content (AvgIpc) is 3.65. The first kappa shape index (κ1) is 27.0. The van der Waals surface area contributed by atoms with Gasteiger partial charge in [-0.05, 0) is 30.8 Å². The zero-order chi connectivity index (χ0) is 29.7. The molecule has 2 aliphatic heterocycles. The third-order valence-electron chi connectivity index (χ3n) is 7.70. The van der Waals surface area contributed by atoms with Crippen molar-refractivity contribution in [3.8, 4) is 23.4 Å². The molecule has 1 amide bonds. The van der Waals surface area contributed by atoms with Gasteiger partial charge in [-0.2, -0.15) is 15.1 Å². The number of hydrogen-bond donors (Lipinski definition) is 1. The second-order valence-corrected chi connectivity index (χ2v) is 10.8. The topological polar surface area (TPSA) is 113 Å². The highest BCUT2D eigenvalue weighted by Gasteiger charge is 2.26. The van der Waals surface area contributed by atoms with Crippen molar-refractivity contribution in [1.29, 1.82) is 0 Å². The summed E-state index contributed by atoms with van der Waals surface area (Å²) in [6.07, 6.45) is 4.40. The van der Waals surface area contributed by atoms with E-state index < -0.39 is 5.82 Å². The van der Waals surface area contributed by atoms with Gasteiger partial charge < -0.3 is 19.3 Å². The maximum absolute atomic E-state index is 14.7. The molecule has 1 saturated heterocycles. The molecule has 218 valence electrons. The number of pyridine rings is 1. The summed E-state index contributed by atoms with van der Waals surface area (Å²) in [4.78, 5) is 32.3. The van der Waals surface area contributed by atoms with E-state index in [4.69, 9.17) is 31.0 Å². The minimum Gasteiger partial charge on any atom is -0.434 e. The number of H-pyrrole nitrogens is 1. The lowest BCUT2D eigenvalue weighted by molar-refractivity contribution is -0.126. The Balaban J connectivity index is 1.34. The Kier molecular flexibility index (Phi) is 6.79. The summed E-state index contributed by atoms with van der Waals surface area (Å²) in [5.74, 6) is 0.641. The summed E-state index contributed by atoms with van der Waals surface area (Å²) < 4.78 is 27.2. The van der Waals surface area contributed by atoms with Gasteiger partial charge >= 0.3 is 6.01 Å². The molecule has 0 radical (unpaired) electrons. The van der Waals surface area contributed by atoms with E-state index in [1.165, 1.54) is 23.9 Å². The quantitative estimate of drug-likeness (QED) is 0.267. The van der Waals surface area contributed by atoms with E-state index in [-0.39, 0.29) is 28.6 Å². The number of hydrogen-bond acceptors (Lipinski definition) is 9. The number of aromatic amines is 1. The smallest absolute Gasteiger partial charge is 0.324 e. The molecule has 13 heteroatoms. The Morgan fingerprint density at radius 3 is 2.77 bits per heavy atom. The van der Waals surface area contributed by atoms with Crippen molar-refractivity contribution in [3.05, 3.63) is 77.3 Å². The Hall–Kier alpha value is -4.81. The molecule has 3 aromatic heterocycles. The first-order valence-corrected chi connectivity index (χ1v) is 14.1. The molecule has 2 aliphatic rings. The van der Waals surface area contributed by atoms with Crippen LogP contribution in [0.2, 0.25) is 5.02 Å². The number of aromatic nitrogens is 5. The van der Waals surface area contributed by atoms with Crippen LogP contribution in [0, 0.1) is 5.82 Å². The first-order valence-electron chi connectivity index (χ1n) is 13.7. The fourth-order valence-corrected chi connectivity index (χ4v) is 5.77. The molecule has 2 aromatic carbocycles. The van der Waals surface area contributed by atoms with Crippen LogP contribution in [-0.2, 0) is 17.9 Å². The number of nitrogens with zero attached hydrogens (tertiary/aromatic N) is 7. The number of carbonyl (C=O) groups excluding carboxylic acids is 1. The zero-order valence-corrected chi connectivity index (χ0v) is 23.9. The molecular weight excluding hydrogens is 575 g/mol. The number of anilines is 1. The van der Waals surface area contributed by atoms with Crippen LogP contribution >= 0.6 is 11.6 Å². The molecule has 1 N–H and O–H groups in total. The summed E-state index contributed by atoms with van der Waals surface area (Å²) in [6.45, 7) is 7.21. The number of fused-ring (bicyclic) bond motifs is 3. The minimum atomic E-state index is -0.664. The van der Waals surface area contributed by atoms with Crippen molar-refractivity contribution < 1.29 is 18.7 Å². The third-order valence-corrected chi connectivity index (χ3v) is 8.05. The number of ether oxygens (including phenoxy) is 2. The largest absolute Gasteiger partial charge is 0.434 e. The summed E-state index contributed by atoms with van der Waals surface area (Å²) >= 11 is 6.36. The Labute approximate surface area is 250 Å². The van der Waals surface area contributed by atoms with E-state index in [0.717, 1.165) is 18.7 Å². The summed E-state index contributed by atoms with van der Waals surface area (Å²) in [7, 11) is 2.05. The number of halogens is 2. The predicted molar refractivity (Wildman–Crippen MR) is 159 cm³/mol. The molecular formula is C30H26ClFN8O3. The van der Waals surface area contributed by atoms with E-state index in [1.54, 1.807) is 17.2 Å². The lowest BCUT2D eigenvalue weighted by atomic mass is 10.1. The predicted octanol–water partition coefficient (Wildman–Crippen LogP) is 5.06. The van der Waals surface area contributed by atoms with Gasteiger partial charge in [0.2, 0.25) is 11.8 Å². The second-order valence-electron chi connectivity index (χ2n) is 10.5. The van der Waals surface area contributed by atoms with Crippen LogP contribution in [0.1, 0.15) is 11.1 Å². The van der Waals surface area contributed by atoms with Crippen molar-refractivity contribution in [1.82, 2.24) is 34.9 Å². The van der Waals surface area contributed by atoms with Crippen LogP contribution in [0.5, 0.6) is 23.4 Å². The molecule has 0 saturated carbocycles. The van der Waals surface area contributed by atoms with Gasteiger partial charge in [-0.1, -0.05) is 30.3 Å². The first-order chi connectivity index (χ1) is 20.9. The van der Waals surface area contributed by atoms with E-state index in [0.29, 0.717) is 59.6 Å². The fourth-order valence-electron chi connectivity index (χ4n) is 5.57. The summed E-state index contributed by atoms with van der Waals surface area (Å²) in [6, 6.07) is 9.08. The van der Waals surface area contributed by atoms with Gasteiger partial charge in [-0.3, -0.25) is 14.8 Å². The van der Waals surface area contributed by atoms with Gasteiger partial charge in [0.15, 0.2) is 5.75 Å². The third kappa shape index (κ3) is 4.88. The number of benzene rings is 2. The highest BCUT2D eigenvalue weighted by atomic mass is 35.5. The van der Waals surface area contributed by atoms with Gasteiger partial charge in [-0.15, -0.1) is 0 Å². The Bertz CT molecular complexity index is 1910. The lowest BCUT2D eigenvalue weighted by Crippen LogP contribution is -2.48. The lowest BCUT2D eigenvalue weighted by Gasteiger charge is -2.35. The van der Waals surface area contributed by atoms with Crippen LogP contribution in [0.4, 0.5) is 10.2 Å². The van der Waals surface area contributed by atoms with E-state index in [9.17, 15) is 9.18 Å². The molecule has 11 nitrogen and oxygen atoms in total. The maximum atomic E-state index is 14.7. The number of carbonyl (C=O) groups is 1.